The topological polar surface area (TPSA) is 0 Å². The van der Waals surface area contributed by atoms with Gasteiger partial charge in [0.1, 0.15) is 0 Å². The zero-order valence-corrected chi connectivity index (χ0v) is 17.1. The van der Waals surface area contributed by atoms with Crippen molar-refractivity contribution in [3.05, 3.63) is 59.5 Å². The minimum atomic E-state index is 1.24. The van der Waals surface area contributed by atoms with Gasteiger partial charge in [0.05, 0.1) is 0 Å². The first-order chi connectivity index (χ1) is 12.8. The minimum Gasteiger partial charge on any atom is -0.140 e. The number of rotatable bonds is 8. The number of fused-ring (bicyclic) bond motifs is 2. The van der Waals surface area contributed by atoms with Crippen molar-refractivity contribution in [2.24, 2.45) is 0 Å². The third-order valence-corrected chi connectivity index (χ3v) is 7.35. The van der Waals surface area contributed by atoms with Crippen molar-refractivity contribution in [3.63, 3.8) is 0 Å². The van der Waals surface area contributed by atoms with Gasteiger partial charge in [-0.1, -0.05) is 69.4 Å². The molecule has 0 saturated carbocycles. The normalized spacial score (nSPS) is 11.6. The minimum absolute atomic E-state index is 1.24. The zero-order chi connectivity index (χ0) is 17.8. The first-order valence-electron chi connectivity index (χ1n) is 9.85. The van der Waals surface area contributed by atoms with E-state index < -0.39 is 0 Å². The Labute approximate surface area is 164 Å². The molecule has 0 aliphatic rings. The summed E-state index contributed by atoms with van der Waals surface area (Å²) in [6, 6.07) is 20.3. The van der Waals surface area contributed by atoms with Crippen LogP contribution < -0.4 is 0 Å². The molecule has 0 N–H and O–H groups in total. The van der Waals surface area contributed by atoms with Crippen molar-refractivity contribution in [3.8, 4) is 10.4 Å². The second-order valence-corrected chi connectivity index (χ2v) is 9.39. The summed E-state index contributed by atoms with van der Waals surface area (Å²) in [5, 5.41) is 2.80. The number of hydrogen-bond donors (Lipinski definition) is 0. The van der Waals surface area contributed by atoms with Crippen molar-refractivity contribution >= 4 is 42.8 Å². The van der Waals surface area contributed by atoms with Gasteiger partial charge in [-0.05, 0) is 53.4 Å². The maximum absolute atomic E-state index is 2.42. The molecule has 0 amide bonds. The van der Waals surface area contributed by atoms with Gasteiger partial charge in [-0.25, -0.2) is 0 Å². The fourth-order valence-electron chi connectivity index (χ4n) is 3.57. The largest absolute Gasteiger partial charge is 0.140 e. The highest BCUT2D eigenvalue weighted by molar-refractivity contribution is 7.23. The smallest absolute Gasteiger partial charge is 0.0356 e. The Balaban J connectivity index is 1.49. The Bertz CT molecular complexity index is 924. The van der Waals surface area contributed by atoms with Crippen molar-refractivity contribution in [1.29, 1.82) is 0 Å². The quantitative estimate of drug-likeness (QED) is 0.269. The average Bonchev–Trinajstić information content (AvgIpc) is 3.25. The molecule has 134 valence electrons. The highest BCUT2D eigenvalue weighted by Gasteiger charge is 2.08. The maximum atomic E-state index is 2.42. The molecular formula is C24H26S2. The third kappa shape index (κ3) is 4.02. The summed E-state index contributed by atoms with van der Waals surface area (Å²) in [5.74, 6) is 0. The van der Waals surface area contributed by atoms with Crippen LogP contribution in [0.2, 0.25) is 0 Å². The van der Waals surface area contributed by atoms with Gasteiger partial charge in [-0.2, -0.15) is 0 Å². The summed E-state index contributed by atoms with van der Waals surface area (Å²) in [6.45, 7) is 2.28. The molecule has 0 saturated heterocycles. The lowest BCUT2D eigenvalue weighted by molar-refractivity contribution is 0.609. The molecule has 26 heavy (non-hydrogen) atoms. The number of aryl methyl sites for hydroxylation is 1. The van der Waals surface area contributed by atoms with E-state index in [-0.39, 0.29) is 0 Å². The fourth-order valence-corrected chi connectivity index (χ4v) is 5.81. The Morgan fingerprint density at radius 2 is 1.38 bits per heavy atom. The first kappa shape index (κ1) is 17.8. The van der Waals surface area contributed by atoms with Gasteiger partial charge in [0.25, 0.3) is 0 Å². The van der Waals surface area contributed by atoms with Gasteiger partial charge in [0.2, 0.25) is 0 Å². The van der Waals surface area contributed by atoms with Crippen molar-refractivity contribution in [1.82, 2.24) is 0 Å². The molecule has 2 aromatic carbocycles. The average molecular weight is 379 g/mol. The van der Waals surface area contributed by atoms with Gasteiger partial charge in [-0.15, -0.1) is 22.7 Å². The van der Waals surface area contributed by atoms with E-state index >= 15 is 0 Å². The molecule has 0 nitrogen and oxygen atoms in total. The predicted molar refractivity (Wildman–Crippen MR) is 120 cm³/mol. The van der Waals surface area contributed by atoms with Crippen molar-refractivity contribution < 1.29 is 0 Å². The van der Waals surface area contributed by atoms with E-state index in [9.17, 15) is 0 Å². The standard InChI is InChI=1S/C24H26S2/c1-2-3-4-5-6-10-13-21-14-19-15-24-20(17-23(19)25-21)16-22(26-24)18-11-8-7-9-12-18/h7-9,11-12,14-17H,2-6,10,13H2,1H3. The SMILES string of the molecule is CCCCCCCCc1cc2cc3sc(-c4ccccc4)cc3cc2s1. The molecule has 0 aliphatic heterocycles. The Hall–Kier alpha value is -1.64. The van der Waals surface area contributed by atoms with Crippen LogP contribution in [0, 0.1) is 0 Å². The molecule has 0 radical (unpaired) electrons. The number of benzene rings is 2. The highest BCUT2D eigenvalue weighted by atomic mass is 32.1. The van der Waals surface area contributed by atoms with Crippen LogP contribution in [0.5, 0.6) is 0 Å². The molecule has 2 heterocycles. The summed E-state index contributed by atoms with van der Waals surface area (Å²) >= 11 is 3.90. The van der Waals surface area contributed by atoms with Crippen LogP contribution >= 0.6 is 22.7 Å². The van der Waals surface area contributed by atoms with E-state index in [1.54, 1.807) is 4.88 Å². The van der Waals surface area contributed by atoms with Crippen LogP contribution in [0.4, 0.5) is 0 Å². The van der Waals surface area contributed by atoms with Crippen LogP contribution in [-0.4, -0.2) is 0 Å². The van der Waals surface area contributed by atoms with E-state index in [1.807, 2.05) is 22.7 Å². The lowest BCUT2D eigenvalue weighted by Gasteiger charge is -1.98. The molecule has 4 rings (SSSR count). The van der Waals surface area contributed by atoms with Crippen LogP contribution in [0.15, 0.2) is 54.6 Å². The molecule has 0 bridgehead atoms. The summed E-state index contributed by atoms with van der Waals surface area (Å²) in [7, 11) is 0. The summed E-state index contributed by atoms with van der Waals surface area (Å²) in [4.78, 5) is 2.92. The molecule has 4 aromatic rings. The van der Waals surface area contributed by atoms with Crippen molar-refractivity contribution in [2.75, 3.05) is 0 Å². The van der Waals surface area contributed by atoms with E-state index in [2.05, 4.69) is 61.5 Å². The molecule has 0 aliphatic carbocycles. The zero-order valence-electron chi connectivity index (χ0n) is 15.5. The lowest BCUT2D eigenvalue weighted by Crippen LogP contribution is -1.82. The van der Waals surface area contributed by atoms with E-state index in [0.717, 1.165) is 0 Å². The Morgan fingerprint density at radius 3 is 2.19 bits per heavy atom. The second kappa shape index (κ2) is 8.37. The van der Waals surface area contributed by atoms with Crippen LogP contribution in [0.3, 0.4) is 0 Å². The molecule has 0 atom stereocenters. The molecule has 0 spiro atoms. The molecule has 0 fully saturated rings. The van der Waals surface area contributed by atoms with Crippen LogP contribution in [0.25, 0.3) is 30.6 Å². The van der Waals surface area contributed by atoms with Gasteiger partial charge >= 0.3 is 0 Å². The highest BCUT2D eigenvalue weighted by Crippen LogP contribution is 2.38. The van der Waals surface area contributed by atoms with Crippen LogP contribution in [-0.2, 0) is 6.42 Å². The molecule has 2 heteroatoms. The summed E-state index contributed by atoms with van der Waals surface area (Å²) in [5.41, 5.74) is 1.32. The lowest BCUT2D eigenvalue weighted by atomic mass is 10.1. The number of hydrogen-bond acceptors (Lipinski definition) is 2. The molecule has 2 aromatic heterocycles. The van der Waals surface area contributed by atoms with Crippen molar-refractivity contribution in [2.45, 2.75) is 51.9 Å². The second-order valence-electron chi connectivity index (χ2n) is 7.14. The Morgan fingerprint density at radius 1 is 0.692 bits per heavy atom. The van der Waals surface area contributed by atoms with E-state index in [4.69, 9.17) is 0 Å². The van der Waals surface area contributed by atoms with E-state index in [0.29, 0.717) is 0 Å². The predicted octanol–water partition coefficient (Wildman–Crippen LogP) is 8.69. The monoisotopic (exact) mass is 378 g/mol. The van der Waals surface area contributed by atoms with Gasteiger partial charge < -0.3 is 0 Å². The summed E-state index contributed by atoms with van der Waals surface area (Å²) < 4.78 is 2.84. The maximum Gasteiger partial charge on any atom is 0.0356 e. The summed E-state index contributed by atoms with van der Waals surface area (Å²) in [6.07, 6.45) is 9.49. The van der Waals surface area contributed by atoms with Gasteiger partial charge in [0, 0.05) is 19.2 Å². The first-order valence-corrected chi connectivity index (χ1v) is 11.5. The van der Waals surface area contributed by atoms with E-state index in [1.165, 1.54) is 75.6 Å². The third-order valence-electron chi connectivity index (χ3n) is 5.04. The van der Waals surface area contributed by atoms with Crippen LogP contribution in [0.1, 0.15) is 50.3 Å². The number of unbranched alkanes of at least 4 members (excludes halogenated alkanes) is 5. The number of thiophene rings is 2. The fraction of sp³-hybridized carbons (Fsp3) is 0.333. The molecular weight excluding hydrogens is 352 g/mol. The Kier molecular flexibility index (Phi) is 5.72. The molecule has 0 unspecified atom stereocenters. The van der Waals surface area contributed by atoms with Gasteiger partial charge in [-0.3, -0.25) is 0 Å². The van der Waals surface area contributed by atoms with Gasteiger partial charge in [0.15, 0.2) is 0 Å².